The molecule has 1 fully saturated rings. The van der Waals surface area contributed by atoms with Gasteiger partial charge in [-0.1, -0.05) is 6.08 Å². The number of carboxylic acids is 1. The third-order valence-corrected chi connectivity index (χ3v) is 7.04. The van der Waals surface area contributed by atoms with Gasteiger partial charge in [-0.05, 0) is 30.6 Å². The average Bonchev–Trinajstić information content (AvgIpc) is 3.25. The van der Waals surface area contributed by atoms with E-state index in [0.29, 0.717) is 11.0 Å². The predicted octanol–water partition coefficient (Wildman–Crippen LogP) is 2.06. The number of fused-ring (bicyclic) bond motifs is 3. The van der Waals surface area contributed by atoms with Crippen LogP contribution in [0, 0.1) is 0 Å². The van der Waals surface area contributed by atoms with Crippen LogP contribution in [0.1, 0.15) is 18.4 Å². The van der Waals surface area contributed by atoms with Gasteiger partial charge in [0.1, 0.15) is 16.4 Å². The van der Waals surface area contributed by atoms with Crippen LogP contribution in [0.2, 0.25) is 0 Å². The third kappa shape index (κ3) is 2.83. The van der Waals surface area contributed by atoms with E-state index in [-0.39, 0.29) is 22.3 Å². The zero-order valence-electron chi connectivity index (χ0n) is 15.7. The molecular formula is C20H14F3N3O4S. The number of phenolic OH excluding ortho intramolecular Hbond substituents is 1. The molecule has 0 saturated carbocycles. The summed E-state index contributed by atoms with van der Waals surface area (Å²) in [6, 6.07) is 0. The number of nitrogens with zero attached hydrogens (tertiary/aromatic N) is 2. The van der Waals surface area contributed by atoms with Crippen molar-refractivity contribution < 1.29 is 33.0 Å². The number of hydrogen-bond donors (Lipinski definition) is 3. The van der Waals surface area contributed by atoms with Crippen molar-refractivity contribution in [3.05, 3.63) is 39.3 Å². The summed E-state index contributed by atoms with van der Waals surface area (Å²) >= 11 is 1.64. The molecule has 1 saturated heterocycles. The van der Waals surface area contributed by atoms with E-state index in [1.54, 1.807) is 23.9 Å². The van der Waals surface area contributed by atoms with Gasteiger partial charge in [0.05, 0.1) is 11.1 Å². The van der Waals surface area contributed by atoms with Crippen molar-refractivity contribution >= 4 is 46.7 Å². The van der Waals surface area contributed by atoms with Crippen molar-refractivity contribution in [1.29, 1.82) is 0 Å². The number of alkyl halides is 3. The monoisotopic (exact) mass is 449 g/mol. The minimum atomic E-state index is -5.08. The molecule has 0 unspecified atom stereocenters. The quantitative estimate of drug-likeness (QED) is 0.523. The highest BCUT2D eigenvalue weighted by Gasteiger charge is 2.51. The minimum absolute atomic E-state index is 0.0276. The number of aliphatic carboxylic acids is 1. The molecule has 0 aromatic heterocycles. The lowest BCUT2D eigenvalue weighted by atomic mass is 9.71. The Morgan fingerprint density at radius 1 is 1.35 bits per heavy atom. The smallest absolute Gasteiger partial charge is 0.490 e. The number of nitrogens with one attached hydrogen (secondary N) is 1. The summed E-state index contributed by atoms with van der Waals surface area (Å²) in [7, 11) is 0. The van der Waals surface area contributed by atoms with Gasteiger partial charge >= 0.3 is 12.1 Å². The number of rotatable bonds is 0. The van der Waals surface area contributed by atoms with Crippen LogP contribution in [0.3, 0.4) is 0 Å². The first-order valence-corrected chi connectivity index (χ1v) is 10.2. The van der Waals surface area contributed by atoms with Crippen LogP contribution in [-0.2, 0) is 15.0 Å². The normalized spacial score (nSPS) is 26.0. The van der Waals surface area contributed by atoms with Crippen molar-refractivity contribution in [2.75, 3.05) is 11.9 Å². The van der Waals surface area contributed by atoms with Gasteiger partial charge in [-0.15, -0.1) is 11.8 Å². The van der Waals surface area contributed by atoms with Crippen LogP contribution in [-0.4, -0.2) is 46.3 Å². The molecule has 1 spiro atoms. The molecular weight excluding hydrogens is 435 g/mol. The first kappa shape index (κ1) is 19.9. The lowest BCUT2D eigenvalue weighted by Gasteiger charge is -2.34. The summed E-state index contributed by atoms with van der Waals surface area (Å²) in [6.45, 7) is 0.847. The van der Waals surface area contributed by atoms with E-state index in [4.69, 9.17) is 14.9 Å². The van der Waals surface area contributed by atoms with Gasteiger partial charge in [0.25, 0.3) is 0 Å². The lowest BCUT2D eigenvalue weighted by Crippen LogP contribution is -2.39. The fourth-order valence-electron chi connectivity index (χ4n) is 4.51. The maximum absolute atomic E-state index is 11.9. The molecule has 4 aliphatic heterocycles. The van der Waals surface area contributed by atoms with Crippen molar-refractivity contribution in [2.24, 2.45) is 9.98 Å². The van der Waals surface area contributed by atoms with Gasteiger partial charge in [0, 0.05) is 28.4 Å². The Kier molecular flexibility index (Phi) is 4.14. The van der Waals surface area contributed by atoms with E-state index in [1.165, 1.54) is 5.57 Å². The molecule has 0 radical (unpaired) electrons. The van der Waals surface area contributed by atoms with Gasteiger partial charge < -0.3 is 15.5 Å². The standard InChI is InChI=1S/C18H13N3O2S.C2HF3O2/c22-9-1-3-18-6-11(24-10(18)5-9)21-16-13(18)14-12-8(2-4-19-14)7-20-15(12)17(16)23;3-2(4,5)1(6)7/h1,3,5,7,11,19,23H,2,4,6H2;(H,6,7)/t11-,18-;/m0./s1. The number of aromatic hydroxyl groups is 1. The predicted molar refractivity (Wildman–Crippen MR) is 107 cm³/mol. The molecule has 4 heterocycles. The largest absolute Gasteiger partial charge is 0.504 e. The second kappa shape index (κ2) is 6.46. The maximum atomic E-state index is 11.9. The van der Waals surface area contributed by atoms with Gasteiger partial charge in [0.2, 0.25) is 0 Å². The first-order valence-electron chi connectivity index (χ1n) is 9.32. The molecule has 31 heavy (non-hydrogen) atoms. The maximum Gasteiger partial charge on any atom is 0.490 e. The van der Waals surface area contributed by atoms with E-state index >= 15 is 0 Å². The molecule has 0 amide bonds. The summed E-state index contributed by atoms with van der Waals surface area (Å²) < 4.78 is 31.7. The van der Waals surface area contributed by atoms with E-state index in [9.17, 15) is 23.1 Å². The Morgan fingerprint density at radius 2 is 2.10 bits per heavy atom. The Hall–Kier alpha value is -3.08. The highest BCUT2D eigenvalue weighted by molar-refractivity contribution is 8.04. The van der Waals surface area contributed by atoms with E-state index in [0.717, 1.165) is 40.8 Å². The molecule has 5 aliphatic rings. The zero-order valence-corrected chi connectivity index (χ0v) is 16.5. The Bertz CT molecular complexity index is 1280. The molecule has 11 heteroatoms. The lowest BCUT2D eigenvalue weighted by molar-refractivity contribution is -0.192. The molecule has 1 aromatic carbocycles. The second-order valence-electron chi connectivity index (χ2n) is 7.56. The topological polar surface area (TPSA) is 111 Å². The molecule has 7 nitrogen and oxygen atoms in total. The van der Waals surface area contributed by atoms with Crippen LogP contribution in [0.5, 0.6) is 5.75 Å². The van der Waals surface area contributed by atoms with Crippen LogP contribution in [0.4, 0.5) is 24.5 Å². The molecule has 1 aromatic rings. The summed E-state index contributed by atoms with van der Waals surface area (Å²) in [5, 5.41) is 23.2. The summed E-state index contributed by atoms with van der Waals surface area (Å²) in [4.78, 5) is 31.0. The minimum Gasteiger partial charge on any atom is -0.504 e. The molecule has 3 N–H and O–H groups in total. The molecule has 6 rings (SSSR count). The Balaban J connectivity index is 0.000000256. The van der Waals surface area contributed by atoms with Crippen molar-refractivity contribution in [3.8, 4) is 5.75 Å². The number of ketones is 1. The van der Waals surface area contributed by atoms with Crippen LogP contribution < -0.4 is 15.9 Å². The molecule has 2 bridgehead atoms. The number of anilines is 1. The number of carboxylic acid groups (broad SMARTS) is 1. The van der Waals surface area contributed by atoms with Gasteiger partial charge in [-0.25, -0.2) is 4.79 Å². The molecule has 160 valence electrons. The number of carbonyl (C=O) groups is 2. The van der Waals surface area contributed by atoms with Crippen LogP contribution >= 0.6 is 11.8 Å². The number of benzene rings is 1. The highest BCUT2D eigenvalue weighted by atomic mass is 32.2. The van der Waals surface area contributed by atoms with Gasteiger partial charge in [-0.2, -0.15) is 13.2 Å². The summed E-state index contributed by atoms with van der Waals surface area (Å²) in [6.07, 6.45) is 3.92. The second-order valence-corrected chi connectivity index (χ2v) is 8.77. The first-order chi connectivity index (χ1) is 14.6. The number of thioether (sulfide) groups is 1. The highest BCUT2D eigenvalue weighted by Crippen LogP contribution is 2.57. The van der Waals surface area contributed by atoms with E-state index < -0.39 is 12.1 Å². The Morgan fingerprint density at radius 3 is 2.81 bits per heavy atom. The van der Waals surface area contributed by atoms with Gasteiger partial charge in [0.15, 0.2) is 11.5 Å². The zero-order chi connectivity index (χ0) is 22.1. The van der Waals surface area contributed by atoms with Crippen molar-refractivity contribution in [3.63, 3.8) is 0 Å². The fraction of sp³-hybridized carbons (Fsp3) is 0.300. The van der Waals surface area contributed by atoms with Crippen molar-refractivity contribution in [2.45, 2.75) is 29.8 Å². The summed E-state index contributed by atoms with van der Waals surface area (Å²) in [5.41, 5.74) is 3.50. The number of carbonyl (C=O) groups excluding carboxylic acids is 1. The number of phenols is 1. The van der Waals surface area contributed by atoms with Crippen LogP contribution in [0.25, 0.3) is 5.57 Å². The molecule has 2 atom stereocenters. The third-order valence-electron chi connectivity index (χ3n) is 5.76. The van der Waals surface area contributed by atoms with Gasteiger partial charge in [-0.3, -0.25) is 14.8 Å². The van der Waals surface area contributed by atoms with E-state index in [1.807, 2.05) is 12.3 Å². The average molecular weight is 449 g/mol. The fourth-order valence-corrected chi connectivity index (χ4v) is 5.96. The van der Waals surface area contributed by atoms with Crippen molar-refractivity contribution in [1.82, 2.24) is 0 Å². The number of aliphatic imine (C=N–C) groups is 1. The SMILES string of the molecule is O=C(O)C(F)(F)F.O=C1C=C[C@@]23C[C@@H](N=c4c(O)c5c6c(c42)NCCC=6C=N5)SC3=C1. The number of halogens is 3. The number of allylic oxidation sites excluding steroid dienone is 4. The summed E-state index contributed by atoms with van der Waals surface area (Å²) in [5.74, 6) is -2.55. The Labute approximate surface area is 176 Å². The number of hydrogen-bond acceptors (Lipinski definition) is 7. The van der Waals surface area contributed by atoms with E-state index in [2.05, 4.69) is 10.3 Å². The van der Waals surface area contributed by atoms with Crippen LogP contribution in [0.15, 0.2) is 33.1 Å². The molecule has 1 aliphatic carbocycles.